The van der Waals surface area contributed by atoms with E-state index in [1.54, 1.807) is 4.90 Å². The summed E-state index contributed by atoms with van der Waals surface area (Å²) < 4.78 is 0. The standard InChI is InChI=1S/C18H26N2O4/c21-15-8-12(9-20(15)14-5-1-2-6-14)16(22)19-10-13-4-3-7-18(13,11-19)17(23)24/h12-14H,1-11H2,(H,23,24)/t12?,13-,18+/m0/s1. The van der Waals surface area contributed by atoms with Crippen LogP contribution in [0.1, 0.15) is 51.4 Å². The molecular weight excluding hydrogens is 308 g/mol. The molecule has 0 aromatic carbocycles. The predicted molar refractivity (Wildman–Crippen MR) is 86.1 cm³/mol. The van der Waals surface area contributed by atoms with Crippen molar-refractivity contribution in [2.75, 3.05) is 19.6 Å². The van der Waals surface area contributed by atoms with E-state index in [-0.39, 0.29) is 23.7 Å². The van der Waals surface area contributed by atoms with E-state index < -0.39 is 11.4 Å². The molecule has 4 aliphatic rings. The Bertz CT molecular complexity index is 571. The second-order valence-electron chi connectivity index (χ2n) is 8.15. The van der Waals surface area contributed by atoms with Crippen molar-refractivity contribution in [1.82, 2.24) is 9.80 Å². The van der Waals surface area contributed by atoms with Crippen molar-refractivity contribution in [1.29, 1.82) is 0 Å². The van der Waals surface area contributed by atoms with Crippen LogP contribution < -0.4 is 0 Å². The third-order valence-electron chi connectivity index (χ3n) is 6.88. The molecule has 4 rings (SSSR count). The van der Waals surface area contributed by atoms with Gasteiger partial charge in [0.1, 0.15) is 0 Å². The van der Waals surface area contributed by atoms with Gasteiger partial charge in [-0.25, -0.2) is 0 Å². The van der Waals surface area contributed by atoms with Gasteiger partial charge in [-0.1, -0.05) is 19.3 Å². The van der Waals surface area contributed by atoms with Crippen molar-refractivity contribution in [3.8, 4) is 0 Å². The van der Waals surface area contributed by atoms with Crippen LogP contribution in [0.3, 0.4) is 0 Å². The molecule has 0 bridgehead atoms. The van der Waals surface area contributed by atoms with Gasteiger partial charge in [-0.2, -0.15) is 0 Å². The predicted octanol–water partition coefficient (Wildman–Crippen LogP) is 1.49. The van der Waals surface area contributed by atoms with Crippen molar-refractivity contribution in [2.24, 2.45) is 17.3 Å². The Labute approximate surface area is 142 Å². The summed E-state index contributed by atoms with van der Waals surface area (Å²) in [4.78, 5) is 40.7. The Morgan fingerprint density at radius 3 is 2.50 bits per heavy atom. The lowest BCUT2D eigenvalue weighted by molar-refractivity contribution is -0.149. The third kappa shape index (κ3) is 2.33. The van der Waals surface area contributed by atoms with Gasteiger partial charge in [0.05, 0.1) is 11.3 Å². The minimum Gasteiger partial charge on any atom is -0.481 e. The highest BCUT2D eigenvalue weighted by Crippen LogP contribution is 2.49. The molecule has 0 radical (unpaired) electrons. The number of fused-ring (bicyclic) bond motifs is 1. The second kappa shape index (κ2) is 5.74. The molecule has 2 saturated carbocycles. The lowest BCUT2D eigenvalue weighted by atomic mass is 9.81. The third-order valence-corrected chi connectivity index (χ3v) is 6.88. The summed E-state index contributed by atoms with van der Waals surface area (Å²) in [6.45, 7) is 1.42. The molecule has 132 valence electrons. The zero-order chi connectivity index (χ0) is 16.9. The van der Waals surface area contributed by atoms with Crippen LogP contribution in [0.4, 0.5) is 0 Å². The molecule has 2 saturated heterocycles. The SMILES string of the molecule is O=C(C1CC(=O)N(C2CCCC2)C1)N1C[C@@H]2CCC[C@@]2(C(=O)O)C1. The summed E-state index contributed by atoms with van der Waals surface area (Å²) in [5.41, 5.74) is -0.733. The van der Waals surface area contributed by atoms with E-state index in [2.05, 4.69) is 0 Å². The molecule has 3 atom stereocenters. The Kier molecular flexibility index (Phi) is 3.81. The van der Waals surface area contributed by atoms with Crippen LogP contribution in [0.2, 0.25) is 0 Å². The first-order valence-electron chi connectivity index (χ1n) is 9.33. The van der Waals surface area contributed by atoms with E-state index in [4.69, 9.17) is 0 Å². The maximum Gasteiger partial charge on any atom is 0.311 e. The minimum atomic E-state index is -0.754. The number of carbonyl (C=O) groups excluding carboxylic acids is 2. The second-order valence-corrected chi connectivity index (χ2v) is 8.15. The topological polar surface area (TPSA) is 77.9 Å². The molecule has 6 nitrogen and oxygen atoms in total. The van der Waals surface area contributed by atoms with Gasteiger partial charge < -0.3 is 14.9 Å². The van der Waals surface area contributed by atoms with E-state index in [1.165, 1.54) is 12.8 Å². The fourth-order valence-electron chi connectivity index (χ4n) is 5.53. The van der Waals surface area contributed by atoms with Crippen molar-refractivity contribution in [2.45, 2.75) is 57.4 Å². The fraction of sp³-hybridized carbons (Fsp3) is 0.833. The van der Waals surface area contributed by atoms with Gasteiger partial charge in [0, 0.05) is 32.1 Å². The van der Waals surface area contributed by atoms with Crippen molar-refractivity contribution in [3.05, 3.63) is 0 Å². The molecule has 1 unspecified atom stereocenters. The fourth-order valence-corrected chi connectivity index (χ4v) is 5.53. The van der Waals surface area contributed by atoms with E-state index >= 15 is 0 Å². The number of rotatable bonds is 3. The van der Waals surface area contributed by atoms with Crippen molar-refractivity contribution >= 4 is 17.8 Å². The van der Waals surface area contributed by atoms with E-state index in [0.29, 0.717) is 38.5 Å². The van der Waals surface area contributed by atoms with Crippen LogP contribution in [0, 0.1) is 17.3 Å². The number of carbonyl (C=O) groups is 3. The van der Waals surface area contributed by atoms with E-state index in [0.717, 1.165) is 25.7 Å². The monoisotopic (exact) mass is 334 g/mol. The number of aliphatic carboxylic acids is 1. The summed E-state index contributed by atoms with van der Waals surface area (Å²) in [6, 6.07) is 0.318. The largest absolute Gasteiger partial charge is 0.481 e. The van der Waals surface area contributed by atoms with Crippen LogP contribution in [0.15, 0.2) is 0 Å². The van der Waals surface area contributed by atoms with Crippen LogP contribution >= 0.6 is 0 Å². The number of likely N-dealkylation sites (tertiary alicyclic amines) is 2. The number of carboxylic acid groups (broad SMARTS) is 1. The summed E-state index contributed by atoms with van der Waals surface area (Å²) >= 11 is 0. The van der Waals surface area contributed by atoms with Crippen LogP contribution in [-0.4, -0.2) is 58.4 Å². The van der Waals surface area contributed by atoms with Gasteiger partial charge in [0.2, 0.25) is 11.8 Å². The lowest BCUT2D eigenvalue weighted by Gasteiger charge is -2.26. The summed E-state index contributed by atoms with van der Waals surface area (Å²) in [5, 5.41) is 9.67. The normalized spacial score (nSPS) is 36.6. The Hall–Kier alpha value is -1.59. The Morgan fingerprint density at radius 1 is 1.08 bits per heavy atom. The highest BCUT2D eigenvalue weighted by Gasteiger charge is 2.56. The first-order chi connectivity index (χ1) is 11.5. The first-order valence-corrected chi connectivity index (χ1v) is 9.33. The number of nitrogens with zero attached hydrogens (tertiary/aromatic N) is 2. The number of amides is 2. The maximum atomic E-state index is 12.9. The van der Waals surface area contributed by atoms with Gasteiger partial charge in [-0.3, -0.25) is 14.4 Å². The smallest absolute Gasteiger partial charge is 0.311 e. The molecule has 2 heterocycles. The molecule has 4 fully saturated rings. The average molecular weight is 334 g/mol. The van der Waals surface area contributed by atoms with Gasteiger partial charge in [0.15, 0.2) is 0 Å². The van der Waals surface area contributed by atoms with Crippen LogP contribution in [-0.2, 0) is 14.4 Å². The molecule has 2 aliphatic heterocycles. The molecule has 6 heteroatoms. The summed E-state index contributed by atoms with van der Waals surface area (Å²) in [7, 11) is 0. The quantitative estimate of drug-likeness (QED) is 0.848. The van der Waals surface area contributed by atoms with E-state index in [9.17, 15) is 19.5 Å². The zero-order valence-electron chi connectivity index (χ0n) is 14.1. The van der Waals surface area contributed by atoms with Gasteiger partial charge in [0.25, 0.3) is 0 Å². The summed E-state index contributed by atoms with van der Waals surface area (Å²) in [6.07, 6.45) is 7.26. The highest BCUT2D eigenvalue weighted by molar-refractivity contribution is 5.90. The van der Waals surface area contributed by atoms with Gasteiger partial charge in [-0.15, -0.1) is 0 Å². The molecule has 2 amide bonds. The van der Waals surface area contributed by atoms with Crippen LogP contribution in [0.5, 0.6) is 0 Å². The Morgan fingerprint density at radius 2 is 1.83 bits per heavy atom. The molecule has 1 N–H and O–H groups in total. The average Bonchev–Trinajstić information content (AvgIpc) is 3.28. The molecule has 0 aromatic rings. The first kappa shape index (κ1) is 15.9. The molecule has 0 aromatic heterocycles. The zero-order valence-corrected chi connectivity index (χ0v) is 14.1. The summed E-state index contributed by atoms with van der Waals surface area (Å²) in [5.74, 6) is -0.841. The number of carboxylic acids is 1. The number of hydrogen-bond acceptors (Lipinski definition) is 3. The van der Waals surface area contributed by atoms with Crippen LogP contribution in [0.25, 0.3) is 0 Å². The molecule has 2 aliphatic carbocycles. The highest BCUT2D eigenvalue weighted by atomic mass is 16.4. The minimum absolute atomic E-state index is 0.00104. The van der Waals surface area contributed by atoms with Gasteiger partial charge in [-0.05, 0) is 31.6 Å². The number of hydrogen-bond donors (Lipinski definition) is 1. The molecule has 0 spiro atoms. The van der Waals surface area contributed by atoms with E-state index in [1.807, 2.05) is 4.90 Å². The van der Waals surface area contributed by atoms with Gasteiger partial charge >= 0.3 is 5.97 Å². The molecular formula is C18H26N2O4. The van der Waals surface area contributed by atoms with Crippen molar-refractivity contribution in [3.63, 3.8) is 0 Å². The van der Waals surface area contributed by atoms with Crippen molar-refractivity contribution < 1.29 is 19.5 Å². The molecule has 24 heavy (non-hydrogen) atoms. The lowest BCUT2D eigenvalue weighted by Crippen LogP contribution is -2.40. The Balaban J connectivity index is 1.44. The maximum absolute atomic E-state index is 12.9.